The zero-order valence-corrected chi connectivity index (χ0v) is 29.0. The number of fused-ring (bicyclic) bond motifs is 4. The molecule has 0 saturated heterocycles. The summed E-state index contributed by atoms with van der Waals surface area (Å²) in [4.78, 5) is 0. The molecule has 2 aromatic rings. The van der Waals surface area contributed by atoms with Crippen LogP contribution in [-0.4, -0.2) is 8.32 Å². The molecule has 3 aliphatic rings. The largest absolute Gasteiger partial charge is 0.618 e. The maximum Gasteiger partial charge on any atom is 0.202 e. The summed E-state index contributed by atoms with van der Waals surface area (Å²) in [7, 11) is -2.12. The Morgan fingerprint density at radius 2 is 1.56 bits per heavy atom. The molecule has 1 saturated carbocycles. The van der Waals surface area contributed by atoms with Gasteiger partial charge in [0.1, 0.15) is 6.10 Å². The van der Waals surface area contributed by atoms with Crippen molar-refractivity contribution in [2.45, 2.75) is 155 Å². The van der Waals surface area contributed by atoms with E-state index in [0.717, 1.165) is 61.0 Å². The molecule has 0 unspecified atom stereocenters. The fourth-order valence-electron chi connectivity index (χ4n) is 7.41. The minimum Gasteiger partial charge on any atom is -0.618 e. The Morgan fingerprint density at radius 3 is 2.07 bits per heavy atom. The van der Waals surface area contributed by atoms with Crippen molar-refractivity contribution in [3.63, 3.8) is 0 Å². The third kappa shape index (κ3) is 5.23. The first kappa shape index (κ1) is 30.8. The van der Waals surface area contributed by atoms with E-state index in [2.05, 4.69) is 107 Å². The van der Waals surface area contributed by atoms with Crippen LogP contribution in [0.5, 0.6) is 0 Å². The lowest BCUT2D eigenvalue weighted by molar-refractivity contribution is -0.626. The molecule has 0 bridgehead atoms. The molecule has 41 heavy (non-hydrogen) atoms. The van der Waals surface area contributed by atoms with Crippen molar-refractivity contribution in [2.75, 3.05) is 0 Å². The van der Waals surface area contributed by atoms with Gasteiger partial charge in [0.05, 0.1) is 22.8 Å². The summed E-state index contributed by atoms with van der Waals surface area (Å²) in [6, 6.07) is 8.99. The van der Waals surface area contributed by atoms with Gasteiger partial charge in [-0.15, -0.1) is 0 Å². The zero-order valence-electron chi connectivity index (χ0n) is 28.0. The molecule has 226 valence electrons. The summed E-state index contributed by atoms with van der Waals surface area (Å²) < 4.78 is 15.9. The fraction of sp³-hybridized carbons (Fsp3) is 0.694. The number of hydrogen-bond acceptors (Lipinski definition) is 3. The van der Waals surface area contributed by atoms with Crippen molar-refractivity contribution in [3.05, 3.63) is 68.7 Å². The Labute approximate surface area is 251 Å². The Hall–Kier alpha value is -1.69. The third-order valence-electron chi connectivity index (χ3n) is 10.6. The smallest absolute Gasteiger partial charge is 0.202 e. The van der Waals surface area contributed by atoms with Crippen molar-refractivity contribution in [2.24, 2.45) is 5.41 Å². The summed E-state index contributed by atoms with van der Waals surface area (Å²) >= 11 is 0. The molecule has 2 heterocycles. The van der Waals surface area contributed by atoms with Gasteiger partial charge in [-0.25, -0.2) is 0 Å². The molecule has 0 N–H and O–H groups in total. The van der Waals surface area contributed by atoms with Crippen LogP contribution in [0.15, 0.2) is 24.3 Å². The minimum atomic E-state index is -2.12. The van der Waals surface area contributed by atoms with Crippen LogP contribution >= 0.6 is 0 Å². The lowest BCUT2D eigenvalue weighted by Crippen LogP contribution is -2.49. The van der Waals surface area contributed by atoms with Gasteiger partial charge in [-0.3, -0.25) is 0 Å². The topological polar surface area (TPSA) is 45.4 Å². The maximum absolute atomic E-state index is 14.6. The molecule has 0 radical (unpaired) electrons. The van der Waals surface area contributed by atoms with Crippen LogP contribution in [0.4, 0.5) is 0 Å². The van der Waals surface area contributed by atoms with Gasteiger partial charge >= 0.3 is 0 Å². The predicted octanol–water partition coefficient (Wildman–Crippen LogP) is 9.67. The van der Waals surface area contributed by atoms with Crippen LogP contribution in [-0.2, 0) is 26.6 Å². The predicted molar refractivity (Wildman–Crippen MR) is 171 cm³/mol. The van der Waals surface area contributed by atoms with E-state index >= 15 is 0 Å². The number of aromatic nitrogens is 1. The molecule has 5 heteroatoms. The highest BCUT2D eigenvalue weighted by Crippen LogP contribution is 2.60. The number of pyridine rings is 1. The molecule has 1 fully saturated rings. The summed E-state index contributed by atoms with van der Waals surface area (Å²) in [6.07, 6.45) is 5.73. The number of hydrogen-bond donors (Lipinski definition) is 0. The SMILES string of the molecule is CC(C)c1c2c(c3c([n+]1[O-])CC(C)(C)C[C@@H]3O[Si](C)(C)C(C)(C)C)C1(CCCC1)O[C@@H]2c1ccc(C(C)(C)C)cc1. The highest BCUT2D eigenvalue weighted by Gasteiger charge is 2.56. The number of benzene rings is 1. The van der Waals surface area contributed by atoms with Crippen LogP contribution in [0.1, 0.15) is 159 Å². The molecule has 1 aliphatic heterocycles. The molecule has 5 rings (SSSR count). The Morgan fingerprint density at radius 1 is 0.976 bits per heavy atom. The van der Waals surface area contributed by atoms with Crippen molar-refractivity contribution in [1.82, 2.24) is 0 Å². The molecule has 1 spiro atoms. The second-order valence-corrected chi connectivity index (χ2v) is 21.7. The van der Waals surface area contributed by atoms with Gasteiger partial charge in [0.2, 0.25) is 5.69 Å². The molecular formula is C36H55NO3Si. The van der Waals surface area contributed by atoms with Crippen LogP contribution < -0.4 is 4.73 Å². The fourth-order valence-corrected chi connectivity index (χ4v) is 8.68. The van der Waals surface area contributed by atoms with Crippen LogP contribution in [0.2, 0.25) is 18.1 Å². The molecule has 2 atom stereocenters. The Kier molecular flexibility index (Phi) is 7.44. The molecular weight excluding hydrogens is 522 g/mol. The van der Waals surface area contributed by atoms with E-state index < -0.39 is 8.32 Å². The molecule has 4 nitrogen and oxygen atoms in total. The van der Waals surface area contributed by atoms with Gasteiger partial charge in [-0.2, -0.15) is 4.73 Å². The van der Waals surface area contributed by atoms with Gasteiger partial charge in [0.15, 0.2) is 14.0 Å². The monoisotopic (exact) mass is 577 g/mol. The van der Waals surface area contributed by atoms with Crippen molar-refractivity contribution in [3.8, 4) is 0 Å². The summed E-state index contributed by atoms with van der Waals surface area (Å²) in [6.45, 7) is 27.4. The van der Waals surface area contributed by atoms with Crippen LogP contribution in [0.25, 0.3) is 0 Å². The molecule has 2 aliphatic carbocycles. The number of ether oxygens (including phenoxy) is 1. The average Bonchev–Trinajstić information content (AvgIpc) is 3.42. The van der Waals surface area contributed by atoms with E-state index in [4.69, 9.17) is 9.16 Å². The molecule has 0 amide bonds. The highest BCUT2D eigenvalue weighted by molar-refractivity contribution is 6.74. The van der Waals surface area contributed by atoms with Gasteiger partial charge in [0.25, 0.3) is 0 Å². The van der Waals surface area contributed by atoms with E-state index in [0.29, 0.717) is 0 Å². The minimum absolute atomic E-state index is 0.0147. The standard InChI is InChI=1S/C36H55NO3Si/c1-23(2)31-29-30(28-26(37(31)38)21-35(9,10)22-27(28)40-41(11,12)34(6,7)8)36(19-13-14-20-36)39-32(29)24-15-17-25(18-16-24)33(3,4)5/h15-18,23,27,32H,13-14,19-22H2,1-12H3/t27-,32+/m0/s1. The second-order valence-electron chi connectivity index (χ2n) is 17.0. The molecule has 1 aromatic carbocycles. The normalized spacial score (nSPS) is 23.7. The summed E-state index contributed by atoms with van der Waals surface area (Å²) in [5, 5.41) is 14.7. The van der Waals surface area contributed by atoms with E-state index in [1.165, 1.54) is 21.4 Å². The first-order valence-corrected chi connectivity index (χ1v) is 19.0. The summed E-state index contributed by atoms with van der Waals surface area (Å²) in [5.41, 5.74) is 7.67. The van der Waals surface area contributed by atoms with Crippen LogP contribution in [0, 0.1) is 10.6 Å². The van der Waals surface area contributed by atoms with Crippen molar-refractivity contribution in [1.29, 1.82) is 0 Å². The Balaban J connectivity index is 1.79. The Bertz CT molecular complexity index is 1300. The highest BCUT2D eigenvalue weighted by atomic mass is 28.4. The maximum atomic E-state index is 14.6. The second kappa shape index (κ2) is 9.92. The van der Waals surface area contributed by atoms with Gasteiger partial charge in [0, 0.05) is 17.9 Å². The van der Waals surface area contributed by atoms with E-state index in [9.17, 15) is 5.21 Å². The van der Waals surface area contributed by atoms with Gasteiger partial charge in [-0.05, 0) is 59.4 Å². The van der Waals surface area contributed by atoms with Crippen molar-refractivity contribution < 1.29 is 13.9 Å². The number of nitrogens with zero attached hydrogens (tertiary/aromatic N) is 1. The molecule has 1 aromatic heterocycles. The van der Waals surface area contributed by atoms with E-state index in [1.54, 1.807) is 0 Å². The third-order valence-corrected chi connectivity index (χ3v) is 15.1. The van der Waals surface area contributed by atoms with E-state index in [-0.39, 0.29) is 39.6 Å². The van der Waals surface area contributed by atoms with Gasteiger partial charge in [-0.1, -0.05) is 106 Å². The van der Waals surface area contributed by atoms with Gasteiger partial charge < -0.3 is 14.4 Å². The lowest BCUT2D eigenvalue weighted by atomic mass is 9.70. The average molecular weight is 578 g/mol. The zero-order chi connectivity index (χ0) is 30.3. The lowest BCUT2D eigenvalue weighted by Gasteiger charge is -2.45. The number of rotatable bonds is 4. The van der Waals surface area contributed by atoms with E-state index in [1.807, 2.05) is 0 Å². The van der Waals surface area contributed by atoms with Crippen LogP contribution in [0.3, 0.4) is 0 Å². The quantitative estimate of drug-likeness (QED) is 0.206. The van der Waals surface area contributed by atoms with Crippen molar-refractivity contribution >= 4 is 8.32 Å². The summed E-state index contributed by atoms with van der Waals surface area (Å²) in [5.74, 6) is 0.0906. The first-order valence-electron chi connectivity index (χ1n) is 16.1. The first-order chi connectivity index (χ1) is 18.8.